The molecule has 0 aliphatic carbocycles. The lowest BCUT2D eigenvalue weighted by Gasteiger charge is -2.09. The highest BCUT2D eigenvalue weighted by Crippen LogP contribution is 2.16. The summed E-state index contributed by atoms with van der Waals surface area (Å²) in [6, 6.07) is 1.83. The Hall–Kier alpha value is -1.20. The molecule has 0 saturated carbocycles. The average molecular weight is 213 g/mol. The number of nitrogens with zero attached hydrogens (tertiary/aromatic N) is 4. The molecule has 2 heterocycles. The summed E-state index contributed by atoms with van der Waals surface area (Å²) < 4.78 is 6.77. The van der Waals surface area contributed by atoms with Gasteiger partial charge in [-0.25, -0.2) is 4.98 Å². The molecule has 2 aromatic heterocycles. The van der Waals surface area contributed by atoms with Gasteiger partial charge in [0.25, 0.3) is 5.78 Å². The van der Waals surface area contributed by atoms with Crippen LogP contribution in [0.2, 0.25) is 5.28 Å². The predicted octanol–water partition coefficient (Wildman–Crippen LogP) is 1.49. The summed E-state index contributed by atoms with van der Waals surface area (Å²) >= 11 is 5.68. The molecule has 6 heteroatoms. The van der Waals surface area contributed by atoms with Crippen LogP contribution in [-0.2, 0) is 4.74 Å². The first-order chi connectivity index (χ1) is 6.72. The Morgan fingerprint density at radius 1 is 1.57 bits per heavy atom. The van der Waals surface area contributed by atoms with Gasteiger partial charge in [-0.3, -0.25) is 0 Å². The molecule has 0 unspecified atom stereocenters. The van der Waals surface area contributed by atoms with Crippen molar-refractivity contribution < 1.29 is 4.74 Å². The van der Waals surface area contributed by atoms with E-state index in [1.807, 2.05) is 13.0 Å². The molecule has 2 rings (SSSR count). The van der Waals surface area contributed by atoms with Crippen molar-refractivity contribution in [1.29, 1.82) is 0 Å². The molecule has 14 heavy (non-hydrogen) atoms. The Labute approximate surface area is 85.7 Å². The summed E-state index contributed by atoms with van der Waals surface area (Å²) in [7, 11) is 1.63. The summed E-state index contributed by atoms with van der Waals surface area (Å²) in [6.45, 7) is 1.92. The lowest BCUT2D eigenvalue weighted by atomic mass is 10.3. The molecule has 0 bridgehead atoms. The number of hydrogen-bond acceptors (Lipinski definition) is 4. The van der Waals surface area contributed by atoms with Crippen molar-refractivity contribution in [3.05, 3.63) is 23.2 Å². The fourth-order valence-electron chi connectivity index (χ4n) is 1.22. The van der Waals surface area contributed by atoms with Gasteiger partial charge in [0, 0.05) is 13.3 Å². The van der Waals surface area contributed by atoms with Crippen LogP contribution in [0.25, 0.3) is 5.78 Å². The summed E-state index contributed by atoms with van der Waals surface area (Å²) in [4.78, 5) is 7.97. The van der Waals surface area contributed by atoms with Crippen LogP contribution in [0.15, 0.2) is 12.3 Å². The standard InChI is InChI=1S/C8H9ClN4O/c1-5(14-2)6-3-4-10-8-11-7(9)12-13(6)8/h3-5H,1-2H3/t5-/m1/s1. The molecule has 0 aliphatic heterocycles. The lowest BCUT2D eigenvalue weighted by Crippen LogP contribution is -2.05. The zero-order valence-electron chi connectivity index (χ0n) is 7.81. The Morgan fingerprint density at radius 2 is 2.36 bits per heavy atom. The van der Waals surface area contributed by atoms with E-state index in [-0.39, 0.29) is 11.4 Å². The molecule has 0 fully saturated rings. The highest BCUT2D eigenvalue weighted by atomic mass is 35.5. The van der Waals surface area contributed by atoms with Gasteiger partial charge in [0.1, 0.15) is 0 Å². The molecule has 74 valence electrons. The van der Waals surface area contributed by atoms with Crippen LogP contribution < -0.4 is 0 Å². The molecule has 0 saturated heterocycles. The molecule has 0 spiro atoms. The van der Waals surface area contributed by atoms with Crippen LogP contribution in [0.3, 0.4) is 0 Å². The van der Waals surface area contributed by atoms with E-state index in [2.05, 4.69) is 15.1 Å². The van der Waals surface area contributed by atoms with Gasteiger partial charge in [0.15, 0.2) is 0 Å². The Kier molecular flexibility index (Phi) is 2.35. The SMILES string of the molecule is CO[C@H](C)c1ccnc2nc(Cl)nn12. The Bertz CT molecular complexity index is 456. The monoisotopic (exact) mass is 212 g/mol. The van der Waals surface area contributed by atoms with E-state index >= 15 is 0 Å². The zero-order valence-corrected chi connectivity index (χ0v) is 8.56. The van der Waals surface area contributed by atoms with Gasteiger partial charge in [-0.2, -0.15) is 9.50 Å². The van der Waals surface area contributed by atoms with Crippen LogP contribution in [0.4, 0.5) is 0 Å². The number of ether oxygens (including phenoxy) is 1. The summed E-state index contributed by atoms with van der Waals surface area (Å²) in [6.07, 6.45) is 1.59. The van der Waals surface area contributed by atoms with Gasteiger partial charge in [-0.05, 0) is 24.6 Å². The van der Waals surface area contributed by atoms with Gasteiger partial charge in [0.05, 0.1) is 11.8 Å². The van der Waals surface area contributed by atoms with Crippen LogP contribution in [-0.4, -0.2) is 26.7 Å². The fourth-order valence-corrected chi connectivity index (χ4v) is 1.37. The second kappa shape index (κ2) is 3.51. The summed E-state index contributed by atoms with van der Waals surface area (Å²) in [5, 5.41) is 4.20. The second-order valence-electron chi connectivity index (χ2n) is 2.84. The van der Waals surface area contributed by atoms with E-state index in [0.717, 1.165) is 5.69 Å². The van der Waals surface area contributed by atoms with Gasteiger partial charge in [-0.15, -0.1) is 5.10 Å². The average Bonchev–Trinajstić information content (AvgIpc) is 2.56. The van der Waals surface area contributed by atoms with Gasteiger partial charge >= 0.3 is 0 Å². The second-order valence-corrected chi connectivity index (χ2v) is 3.18. The Balaban J connectivity index is 2.64. The number of aromatic nitrogens is 4. The fraction of sp³-hybridized carbons (Fsp3) is 0.375. The van der Waals surface area contributed by atoms with Crippen molar-refractivity contribution in [3.63, 3.8) is 0 Å². The van der Waals surface area contributed by atoms with E-state index in [0.29, 0.717) is 5.78 Å². The van der Waals surface area contributed by atoms with Crippen molar-refractivity contribution in [1.82, 2.24) is 19.6 Å². The van der Waals surface area contributed by atoms with Crippen LogP contribution in [0.1, 0.15) is 18.7 Å². The lowest BCUT2D eigenvalue weighted by molar-refractivity contribution is 0.114. The molecule has 5 nitrogen and oxygen atoms in total. The first kappa shape index (κ1) is 9.36. The first-order valence-electron chi connectivity index (χ1n) is 4.12. The van der Waals surface area contributed by atoms with E-state index in [9.17, 15) is 0 Å². The molecule has 0 aromatic carbocycles. The van der Waals surface area contributed by atoms with Crippen LogP contribution in [0.5, 0.6) is 0 Å². The third-order valence-electron chi connectivity index (χ3n) is 2.01. The molecule has 2 aromatic rings. The molecule has 0 amide bonds. The number of rotatable bonds is 2. The molecular weight excluding hydrogens is 204 g/mol. The van der Waals surface area contributed by atoms with Crippen molar-refractivity contribution in [2.45, 2.75) is 13.0 Å². The normalized spacial score (nSPS) is 13.4. The molecule has 0 aliphatic rings. The largest absolute Gasteiger partial charge is 0.375 e. The zero-order chi connectivity index (χ0) is 10.1. The van der Waals surface area contributed by atoms with Gasteiger partial charge in [0.2, 0.25) is 5.28 Å². The third-order valence-corrected chi connectivity index (χ3v) is 2.17. The van der Waals surface area contributed by atoms with E-state index in [4.69, 9.17) is 16.3 Å². The van der Waals surface area contributed by atoms with Crippen molar-refractivity contribution in [2.24, 2.45) is 0 Å². The van der Waals surface area contributed by atoms with E-state index < -0.39 is 0 Å². The van der Waals surface area contributed by atoms with E-state index in [1.165, 1.54) is 0 Å². The van der Waals surface area contributed by atoms with Gasteiger partial charge < -0.3 is 4.74 Å². The maximum Gasteiger partial charge on any atom is 0.253 e. The van der Waals surface area contributed by atoms with Crippen molar-refractivity contribution in [2.75, 3.05) is 7.11 Å². The smallest absolute Gasteiger partial charge is 0.253 e. The van der Waals surface area contributed by atoms with Gasteiger partial charge in [-0.1, -0.05) is 0 Å². The molecule has 1 atom stereocenters. The van der Waals surface area contributed by atoms with Crippen LogP contribution >= 0.6 is 11.6 Å². The highest BCUT2D eigenvalue weighted by molar-refractivity contribution is 6.28. The van der Waals surface area contributed by atoms with E-state index in [1.54, 1.807) is 17.8 Å². The number of fused-ring (bicyclic) bond motifs is 1. The quantitative estimate of drug-likeness (QED) is 0.757. The maximum absolute atomic E-state index is 5.68. The minimum Gasteiger partial charge on any atom is -0.375 e. The van der Waals surface area contributed by atoms with Crippen molar-refractivity contribution >= 4 is 17.4 Å². The Morgan fingerprint density at radius 3 is 3.07 bits per heavy atom. The van der Waals surface area contributed by atoms with Crippen molar-refractivity contribution in [3.8, 4) is 0 Å². The third kappa shape index (κ3) is 1.44. The minimum atomic E-state index is -0.0710. The first-order valence-corrected chi connectivity index (χ1v) is 4.50. The summed E-state index contributed by atoms with van der Waals surface area (Å²) in [5.41, 5.74) is 0.872. The summed E-state index contributed by atoms with van der Waals surface area (Å²) in [5.74, 6) is 0.483. The molecular formula is C8H9ClN4O. The molecule has 0 radical (unpaired) electrons. The maximum atomic E-state index is 5.68. The highest BCUT2D eigenvalue weighted by Gasteiger charge is 2.11. The number of hydrogen-bond donors (Lipinski definition) is 0. The number of halogens is 1. The van der Waals surface area contributed by atoms with Crippen LogP contribution in [0, 0.1) is 0 Å². The topological polar surface area (TPSA) is 52.3 Å². The minimum absolute atomic E-state index is 0.0710. The number of methoxy groups -OCH3 is 1. The predicted molar refractivity (Wildman–Crippen MR) is 51.2 cm³/mol. The molecule has 0 N–H and O–H groups in total.